The molecule has 2 amide bonds. The molecule has 3 heterocycles. The Kier molecular flexibility index (Phi) is 12.0. The van der Waals surface area contributed by atoms with Crippen LogP contribution in [0, 0.1) is 12.3 Å². The lowest BCUT2D eigenvalue weighted by Gasteiger charge is -2.38. The minimum atomic E-state index is -1.88. The van der Waals surface area contributed by atoms with Gasteiger partial charge in [0.15, 0.2) is 6.10 Å². The second kappa shape index (κ2) is 17.0. The van der Waals surface area contributed by atoms with E-state index in [1.54, 1.807) is 18.1 Å². The Morgan fingerprint density at radius 1 is 0.982 bits per heavy atom. The lowest BCUT2D eigenvalue weighted by atomic mass is 9.99. The number of aliphatic carboxylic acids is 1. The third-order valence-corrected chi connectivity index (χ3v) is 9.46. The van der Waals surface area contributed by atoms with Crippen molar-refractivity contribution >= 4 is 29.2 Å². The number of nitrogens with zero attached hydrogens (tertiary/aromatic N) is 1. The number of hydrogen-bond acceptors (Lipinski definition) is 13. The fourth-order valence-corrected chi connectivity index (χ4v) is 6.53. The number of aliphatic hydroxyl groups is 3. The van der Waals surface area contributed by atoms with Gasteiger partial charge in [-0.05, 0) is 65.9 Å². The zero-order valence-electron chi connectivity index (χ0n) is 30.0. The summed E-state index contributed by atoms with van der Waals surface area (Å²) in [7, 11) is 3.13. The summed E-state index contributed by atoms with van der Waals surface area (Å²) in [4.78, 5) is 39.7. The van der Waals surface area contributed by atoms with Gasteiger partial charge in [-0.2, -0.15) is 0 Å². The van der Waals surface area contributed by atoms with E-state index in [1.807, 2.05) is 36.5 Å². The van der Waals surface area contributed by atoms with E-state index in [0.717, 1.165) is 22.4 Å². The van der Waals surface area contributed by atoms with Crippen LogP contribution in [0.3, 0.4) is 0 Å². The number of alkyl carbamates (subject to hydrolysis) is 1. The first kappa shape index (κ1) is 38.7. The second-order valence-electron chi connectivity index (χ2n) is 12.9. The molecule has 6 atom stereocenters. The molecule has 6 N–H and O–H groups in total. The summed E-state index contributed by atoms with van der Waals surface area (Å²) in [6.45, 7) is 0.334. The normalized spacial score (nSPS) is 22.8. The number of carboxylic acid groups (broad SMARTS) is 1. The van der Waals surface area contributed by atoms with Crippen molar-refractivity contribution in [1.29, 1.82) is 0 Å². The van der Waals surface area contributed by atoms with Crippen LogP contribution >= 0.6 is 0 Å². The molecule has 1 saturated heterocycles. The average molecular weight is 760 g/mol. The lowest BCUT2D eigenvalue weighted by molar-refractivity contribution is -0.271. The number of amides is 2. The molecule has 3 aromatic carbocycles. The zero-order chi connectivity index (χ0) is 39.2. The Bertz CT molecular complexity index is 1980. The largest absolute Gasteiger partial charge is 0.497 e. The van der Waals surface area contributed by atoms with Gasteiger partial charge in [-0.15, -0.1) is 6.42 Å². The van der Waals surface area contributed by atoms with Gasteiger partial charge in [0.2, 0.25) is 6.29 Å². The fourth-order valence-electron chi connectivity index (χ4n) is 6.53. The monoisotopic (exact) mass is 759 g/mol. The van der Waals surface area contributed by atoms with E-state index in [1.165, 1.54) is 25.3 Å². The topological polar surface area (TPSA) is 215 Å². The van der Waals surface area contributed by atoms with E-state index in [2.05, 4.69) is 16.6 Å². The SMILES string of the molecule is C#CCOc1cc(O[C@@H]2O[C@H](C(=O)O)[C@@H](O)[C@H](O)[C@H]2O)ccc1COC(=O)NCCc1cc2c(cc1OC)C(=O)N1C=C(c3ccc(OC)cc3)CC1CN2. The molecular formula is C39H41N3O13. The lowest BCUT2D eigenvalue weighted by Crippen LogP contribution is -2.61. The number of methoxy groups -OCH3 is 2. The molecular weight excluding hydrogens is 718 g/mol. The number of benzene rings is 3. The van der Waals surface area contributed by atoms with E-state index in [0.29, 0.717) is 42.0 Å². The summed E-state index contributed by atoms with van der Waals surface area (Å²) in [5, 5.41) is 45.8. The molecule has 0 saturated carbocycles. The quantitative estimate of drug-likeness (QED) is 0.138. The summed E-state index contributed by atoms with van der Waals surface area (Å²) < 4.78 is 32.7. The van der Waals surface area contributed by atoms with Crippen LogP contribution in [0.25, 0.3) is 5.57 Å². The number of carbonyl (C=O) groups excluding carboxylic acids is 2. The van der Waals surface area contributed by atoms with Crippen LogP contribution in [0.15, 0.2) is 60.8 Å². The molecule has 6 rings (SSSR count). The Labute approximate surface area is 316 Å². The van der Waals surface area contributed by atoms with Crippen molar-refractivity contribution in [3.05, 3.63) is 83.1 Å². The van der Waals surface area contributed by atoms with E-state index in [-0.39, 0.29) is 43.2 Å². The molecule has 3 aliphatic rings. The van der Waals surface area contributed by atoms with Crippen LogP contribution < -0.4 is 29.6 Å². The molecule has 0 aliphatic carbocycles. The van der Waals surface area contributed by atoms with Crippen molar-refractivity contribution in [3.63, 3.8) is 0 Å². The number of aliphatic hydroxyl groups excluding tert-OH is 3. The first-order chi connectivity index (χ1) is 26.5. The zero-order valence-corrected chi connectivity index (χ0v) is 30.0. The molecule has 0 bridgehead atoms. The maximum atomic E-state index is 13.7. The van der Waals surface area contributed by atoms with Gasteiger partial charge in [-0.3, -0.25) is 4.79 Å². The Hall–Kier alpha value is -5.99. The molecule has 3 aromatic rings. The molecule has 0 radical (unpaired) electrons. The molecule has 16 heteroatoms. The highest BCUT2D eigenvalue weighted by Crippen LogP contribution is 2.37. The average Bonchev–Trinajstić information content (AvgIpc) is 3.58. The third-order valence-electron chi connectivity index (χ3n) is 9.46. The van der Waals surface area contributed by atoms with Crippen LogP contribution in [-0.4, -0.2) is 114 Å². The highest BCUT2D eigenvalue weighted by atomic mass is 16.7. The number of carboxylic acids is 1. The Morgan fingerprint density at radius 2 is 1.75 bits per heavy atom. The molecule has 55 heavy (non-hydrogen) atoms. The van der Waals surface area contributed by atoms with Crippen molar-refractivity contribution in [2.24, 2.45) is 0 Å². The smallest absolute Gasteiger partial charge is 0.407 e. The molecule has 1 fully saturated rings. The number of anilines is 1. The van der Waals surface area contributed by atoms with Crippen molar-refractivity contribution in [3.8, 4) is 35.3 Å². The third kappa shape index (κ3) is 8.55. The van der Waals surface area contributed by atoms with Gasteiger partial charge in [0.05, 0.1) is 25.8 Å². The van der Waals surface area contributed by atoms with Gasteiger partial charge < -0.3 is 64.4 Å². The van der Waals surface area contributed by atoms with Crippen LogP contribution in [0.5, 0.6) is 23.0 Å². The predicted octanol–water partition coefficient (Wildman–Crippen LogP) is 2.14. The number of nitrogens with one attached hydrogen (secondary N) is 2. The van der Waals surface area contributed by atoms with Crippen molar-refractivity contribution < 1.29 is 63.2 Å². The van der Waals surface area contributed by atoms with Gasteiger partial charge in [0.25, 0.3) is 5.91 Å². The number of fused-ring (bicyclic) bond motifs is 2. The number of ether oxygens (including phenoxy) is 6. The van der Waals surface area contributed by atoms with Crippen LogP contribution in [0.1, 0.15) is 33.5 Å². The van der Waals surface area contributed by atoms with Gasteiger partial charge in [-0.25, -0.2) is 9.59 Å². The Balaban J connectivity index is 1.05. The van der Waals surface area contributed by atoms with Crippen LogP contribution in [-0.2, 0) is 27.3 Å². The number of rotatable bonds is 13. The maximum absolute atomic E-state index is 13.7. The van der Waals surface area contributed by atoms with Gasteiger partial charge >= 0.3 is 12.1 Å². The number of terminal acetylenes is 1. The van der Waals surface area contributed by atoms with E-state index < -0.39 is 42.8 Å². The molecule has 16 nitrogen and oxygen atoms in total. The van der Waals surface area contributed by atoms with Crippen LogP contribution in [0.2, 0.25) is 0 Å². The number of hydrogen-bond donors (Lipinski definition) is 6. The summed E-state index contributed by atoms with van der Waals surface area (Å²) >= 11 is 0. The van der Waals surface area contributed by atoms with Gasteiger partial charge in [-0.1, -0.05) is 18.1 Å². The maximum Gasteiger partial charge on any atom is 0.407 e. The summed E-state index contributed by atoms with van der Waals surface area (Å²) in [5.41, 5.74) is 4.40. The summed E-state index contributed by atoms with van der Waals surface area (Å²) in [5.74, 6) is 2.08. The highest BCUT2D eigenvalue weighted by Gasteiger charge is 2.48. The van der Waals surface area contributed by atoms with E-state index >= 15 is 0 Å². The molecule has 3 aliphatic heterocycles. The van der Waals surface area contributed by atoms with Crippen molar-refractivity contribution in [1.82, 2.24) is 10.2 Å². The van der Waals surface area contributed by atoms with E-state index in [9.17, 15) is 34.8 Å². The molecule has 0 spiro atoms. The highest BCUT2D eigenvalue weighted by molar-refractivity contribution is 6.03. The van der Waals surface area contributed by atoms with Crippen LogP contribution in [0.4, 0.5) is 10.5 Å². The van der Waals surface area contributed by atoms with Crippen molar-refractivity contribution in [2.45, 2.75) is 56.2 Å². The Morgan fingerprint density at radius 3 is 2.45 bits per heavy atom. The fraction of sp³-hybridized carbons (Fsp3) is 0.359. The first-order valence-electron chi connectivity index (χ1n) is 17.3. The molecule has 1 unspecified atom stereocenters. The minimum Gasteiger partial charge on any atom is -0.497 e. The second-order valence-corrected chi connectivity index (χ2v) is 12.9. The first-order valence-corrected chi connectivity index (χ1v) is 17.3. The van der Waals surface area contributed by atoms with E-state index in [4.69, 9.17) is 34.8 Å². The summed E-state index contributed by atoms with van der Waals surface area (Å²) in [6, 6.07) is 15.5. The predicted molar refractivity (Wildman–Crippen MR) is 195 cm³/mol. The standard InChI is InChI=1S/C39H41N3O13/c1-4-13-52-31-16-27(54-38-34(45)32(43)33(44)35(55-38)37(47)48)10-7-23(31)20-53-39(49)40-12-11-22-15-29-28(17-30(22)51-3)36(46)42-19-24(14-25(42)18-41-29)21-5-8-26(50-2)9-6-21/h1,5-10,15-17,19,25,32-35,38,41,43-45H,11-14,18,20H2,2-3H3,(H,40,49)(H,47,48)/t25?,32-,33-,34+,35-,38+/m0/s1. The minimum absolute atomic E-state index is 0.0399. The summed E-state index contributed by atoms with van der Waals surface area (Å²) in [6.07, 6.45) is -1.40. The van der Waals surface area contributed by atoms with Crippen molar-refractivity contribution in [2.75, 3.05) is 39.2 Å². The van der Waals surface area contributed by atoms with Gasteiger partial charge in [0, 0.05) is 36.6 Å². The molecule has 290 valence electrons. The number of carbonyl (C=O) groups is 3. The molecule has 0 aromatic heterocycles. The van der Waals surface area contributed by atoms with Gasteiger partial charge in [0.1, 0.15) is 54.5 Å².